The first-order valence-corrected chi connectivity index (χ1v) is 8.38. The number of carbonyl (C=O) groups is 2. The lowest BCUT2D eigenvalue weighted by atomic mass is 10.0. The molecule has 2 rings (SSSR count). The Morgan fingerprint density at radius 2 is 2.00 bits per heavy atom. The normalized spacial score (nSPS) is 16.5. The third-order valence-electron chi connectivity index (χ3n) is 3.32. The highest BCUT2D eigenvalue weighted by molar-refractivity contribution is 8.26. The van der Waals surface area contributed by atoms with E-state index in [0.29, 0.717) is 15.0 Å². The molecule has 7 heteroatoms. The lowest BCUT2D eigenvalue weighted by Crippen LogP contribution is -2.18. The molecule has 0 spiro atoms. The number of thiocarbonyl (C=S) groups is 1. The number of thioether (sulfide) groups is 1. The molecular formula is C17H17NO4S2. The molecule has 0 saturated carbocycles. The standard InChI is InChI=1S/C17H17NO4S2/c1-9(15-16(21)18-17(23)24-15)4-5-12-6-10(2)14(11(3)7-12)22-8-13(19)20/h4-7H,8H2,1-3H3,(H,19,20)(H,18,21,23). The van der Waals surface area contributed by atoms with Gasteiger partial charge in [-0.05, 0) is 55.2 Å². The number of nitrogens with one attached hydrogen (secondary N) is 1. The number of benzene rings is 1. The van der Waals surface area contributed by atoms with Gasteiger partial charge in [0.25, 0.3) is 5.91 Å². The lowest BCUT2D eigenvalue weighted by molar-refractivity contribution is -0.139. The molecule has 1 heterocycles. The molecule has 0 aliphatic carbocycles. The number of carboxylic acids is 1. The minimum absolute atomic E-state index is 0.170. The van der Waals surface area contributed by atoms with Crippen molar-refractivity contribution >= 4 is 46.3 Å². The van der Waals surface area contributed by atoms with E-state index in [0.717, 1.165) is 22.3 Å². The summed E-state index contributed by atoms with van der Waals surface area (Å²) in [7, 11) is 0. The van der Waals surface area contributed by atoms with E-state index in [1.807, 2.05) is 45.1 Å². The van der Waals surface area contributed by atoms with Crippen LogP contribution in [0.25, 0.3) is 6.08 Å². The van der Waals surface area contributed by atoms with Crippen molar-refractivity contribution in [1.82, 2.24) is 5.32 Å². The summed E-state index contributed by atoms with van der Waals surface area (Å²) in [5, 5.41) is 11.3. The number of ether oxygens (including phenoxy) is 1. The summed E-state index contributed by atoms with van der Waals surface area (Å²) in [4.78, 5) is 23.0. The lowest BCUT2D eigenvalue weighted by Gasteiger charge is -2.11. The summed E-state index contributed by atoms with van der Waals surface area (Å²) in [6.07, 6.45) is 3.76. The van der Waals surface area contributed by atoms with Crippen molar-refractivity contribution in [1.29, 1.82) is 0 Å². The number of hydrogen-bond donors (Lipinski definition) is 2. The van der Waals surface area contributed by atoms with E-state index in [9.17, 15) is 9.59 Å². The Morgan fingerprint density at radius 3 is 2.50 bits per heavy atom. The van der Waals surface area contributed by atoms with Gasteiger partial charge in [-0.2, -0.15) is 0 Å². The SMILES string of the molecule is CC(C=Cc1cc(C)c(OCC(=O)O)c(C)c1)=C1SC(=S)NC1=O. The first kappa shape index (κ1) is 18.2. The molecule has 1 amide bonds. The van der Waals surface area contributed by atoms with Crippen LogP contribution in [0, 0.1) is 13.8 Å². The molecule has 0 radical (unpaired) electrons. The Bertz CT molecular complexity index is 758. The number of amides is 1. The van der Waals surface area contributed by atoms with Gasteiger partial charge < -0.3 is 15.2 Å². The monoisotopic (exact) mass is 363 g/mol. The van der Waals surface area contributed by atoms with Gasteiger partial charge in [-0.3, -0.25) is 4.79 Å². The van der Waals surface area contributed by atoms with Crippen LogP contribution in [0.1, 0.15) is 23.6 Å². The number of aryl methyl sites for hydroxylation is 2. The predicted molar refractivity (Wildman–Crippen MR) is 99.1 cm³/mol. The quantitative estimate of drug-likeness (QED) is 0.618. The van der Waals surface area contributed by atoms with Crippen molar-refractivity contribution in [2.24, 2.45) is 0 Å². The molecule has 0 unspecified atom stereocenters. The maximum atomic E-state index is 11.7. The average Bonchev–Trinajstić information content (AvgIpc) is 2.82. The fourth-order valence-corrected chi connectivity index (χ4v) is 3.36. The van der Waals surface area contributed by atoms with Crippen LogP contribution < -0.4 is 10.1 Å². The van der Waals surface area contributed by atoms with Gasteiger partial charge in [-0.25, -0.2) is 4.79 Å². The molecule has 1 saturated heterocycles. The minimum Gasteiger partial charge on any atom is -0.481 e. The molecule has 1 aliphatic rings. The predicted octanol–water partition coefficient (Wildman–Crippen LogP) is 3.20. The largest absolute Gasteiger partial charge is 0.481 e. The van der Waals surface area contributed by atoms with E-state index in [1.54, 1.807) is 0 Å². The Hall–Kier alpha value is -2.12. The Labute approximate surface area is 149 Å². The van der Waals surface area contributed by atoms with Crippen LogP contribution in [-0.2, 0) is 9.59 Å². The molecule has 0 atom stereocenters. The molecule has 5 nitrogen and oxygen atoms in total. The summed E-state index contributed by atoms with van der Waals surface area (Å²) in [5.74, 6) is -0.595. The smallest absolute Gasteiger partial charge is 0.341 e. The van der Waals surface area contributed by atoms with Crippen LogP contribution in [0.15, 0.2) is 28.7 Å². The Balaban J connectivity index is 2.21. The molecule has 2 N–H and O–H groups in total. The van der Waals surface area contributed by atoms with Gasteiger partial charge in [-0.1, -0.05) is 36.1 Å². The van der Waals surface area contributed by atoms with Gasteiger partial charge in [-0.15, -0.1) is 0 Å². The zero-order valence-electron chi connectivity index (χ0n) is 13.5. The van der Waals surface area contributed by atoms with Gasteiger partial charge >= 0.3 is 5.97 Å². The van der Waals surface area contributed by atoms with Crippen LogP contribution in [-0.4, -0.2) is 27.9 Å². The molecule has 1 aromatic carbocycles. The topological polar surface area (TPSA) is 75.6 Å². The molecule has 126 valence electrons. The second-order valence-corrected chi connectivity index (χ2v) is 7.04. The van der Waals surface area contributed by atoms with Crippen molar-refractivity contribution in [3.8, 4) is 5.75 Å². The summed E-state index contributed by atoms with van der Waals surface area (Å²) in [5.41, 5.74) is 3.49. The van der Waals surface area contributed by atoms with E-state index in [1.165, 1.54) is 11.8 Å². The number of carbonyl (C=O) groups excluding carboxylic acids is 1. The van der Waals surface area contributed by atoms with E-state index in [2.05, 4.69) is 5.32 Å². The zero-order chi connectivity index (χ0) is 17.9. The molecular weight excluding hydrogens is 346 g/mol. The van der Waals surface area contributed by atoms with Crippen molar-refractivity contribution in [3.63, 3.8) is 0 Å². The maximum Gasteiger partial charge on any atom is 0.341 e. The van der Waals surface area contributed by atoms with Crippen LogP contribution in [0.5, 0.6) is 5.75 Å². The summed E-state index contributed by atoms with van der Waals surface area (Å²) >= 11 is 6.24. The zero-order valence-corrected chi connectivity index (χ0v) is 15.1. The summed E-state index contributed by atoms with van der Waals surface area (Å²) < 4.78 is 5.78. The van der Waals surface area contributed by atoms with E-state index in [4.69, 9.17) is 22.1 Å². The molecule has 1 aromatic rings. The minimum atomic E-state index is -1.01. The molecule has 0 aromatic heterocycles. The van der Waals surface area contributed by atoms with Gasteiger partial charge in [0.2, 0.25) is 0 Å². The Kier molecular flexibility index (Phi) is 5.80. The number of rotatable bonds is 5. The van der Waals surface area contributed by atoms with Crippen LogP contribution in [0.3, 0.4) is 0 Å². The van der Waals surface area contributed by atoms with E-state index < -0.39 is 5.97 Å². The fourth-order valence-electron chi connectivity index (χ4n) is 2.31. The third kappa shape index (κ3) is 4.46. The van der Waals surface area contributed by atoms with Crippen LogP contribution in [0.2, 0.25) is 0 Å². The second kappa shape index (κ2) is 7.63. The first-order valence-electron chi connectivity index (χ1n) is 7.16. The van der Waals surface area contributed by atoms with Gasteiger partial charge in [0.05, 0.1) is 4.91 Å². The summed E-state index contributed by atoms with van der Waals surface area (Å²) in [6, 6.07) is 3.82. The first-order chi connectivity index (χ1) is 11.3. The highest BCUT2D eigenvalue weighted by Gasteiger charge is 2.23. The van der Waals surface area contributed by atoms with Gasteiger partial charge in [0.15, 0.2) is 6.61 Å². The summed E-state index contributed by atoms with van der Waals surface area (Å²) in [6.45, 7) is 5.22. The Morgan fingerprint density at radius 1 is 1.38 bits per heavy atom. The number of hydrogen-bond acceptors (Lipinski definition) is 5. The number of aliphatic carboxylic acids is 1. The molecule has 1 aliphatic heterocycles. The molecule has 24 heavy (non-hydrogen) atoms. The number of allylic oxidation sites excluding steroid dienone is 2. The maximum absolute atomic E-state index is 11.7. The van der Waals surface area contributed by atoms with Crippen molar-refractivity contribution < 1.29 is 19.4 Å². The molecule has 0 bridgehead atoms. The highest BCUT2D eigenvalue weighted by Crippen LogP contribution is 2.29. The fraction of sp³-hybridized carbons (Fsp3) is 0.235. The highest BCUT2D eigenvalue weighted by atomic mass is 32.2. The molecule has 1 fully saturated rings. The average molecular weight is 363 g/mol. The van der Waals surface area contributed by atoms with Crippen molar-refractivity contribution in [2.75, 3.05) is 6.61 Å². The van der Waals surface area contributed by atoms with Crippen LogP contribution in [0.4, 0.5) is 0 Å². The number of carboxylic acid groups (broad SMARTS) is 1. The van der Waals surface area contributed by atoms with E-state index in [-0.39, 0.29) is 12.5 Å². The van der Waals surface area contributed by atoms with E-state index >= 15 is 0 Å². The van der Waals surface area contributed by atoms with Crippen LogP contribution >= 0.6 is 24.0 Å². The van der Waals surface area contributed by atoms with Gasteiger partial charge in [0, 0.05) is 0 Å². The van der Waals surface area contributed by atoms with Gasteiger partial charge in [0.1, 0.15) is 10.1 Å². The van der Waals surface area contributed by atoms with Crippen molar-refractivity contribution in [2.45, 2.75) is 20.8 Å². The second-order valence-electron chi connectivity index (χ2n) is 5.36. The van der Waals surface area contributed by atoms with Crippen molar-refractivity contribution in [3.05, 3.63) is 45.4 Å². The third-order valence-corrected chi connectivity index (χ3v) is 4.67.